The van der Waals surface area contributed by atoms with Gasteiger partial charge in [-0.15, -0.1) is 0 Å². The zero-order valence-corrected chi connectivity index (χ0v) is 8.43. The van der Waals surface area contributed by atoms with Gasteiger partial charge in [-0.05, 0) is 0 Å². The SMILES string of the molecule is O=C1CN(CC(=O)NCC(F)(F)F)CCN1. The molecule has 1 saturated heterocycles. The fraction of sp³-hybridized carbons (Fsp3) is 0.750. The molecule has 0 radical (unpaired) electrons. The molecule has 2 N–H and O–H groups in total. The van der Waals surface area contributed by atoms with Crippen LogP contribution in [0.25, 0.3) is 0 Å². The Morgan fingerprint density at radius 3 is 2.75 bits per heavy atom. The van der Waals surface area contributed by atoms with Gasteiger partial charge < -0.3 is 10.6 Å². The first kappa shape index (κ1) is 12.8. The highest BCUT2D eigenvalue weighted by atomic mass is 19.4. The standard InChI is InChI=1S/C8H12F3N3O2/c9-8(10,11)5-13-7(16)4-14-2-1-12-6(15)3-14/h1-5H2,(H,12,15)(H,13,16). The Morgan fingerprint density at radius 2 is 2.19 bits per heavy atom. The summed E-state index contributed by atoms with van der Waals surface area (Å²) in [5, 5.41) is 4.30. The van der Waals surface area contributed by atoms with E-state index in [-0.39, 0.29) is 19.0 Å². The molecule has 1 rings (SSSR count). The van der Waals surface area contributed by atoms with E-state index in [9.17, 15) is 22.8 Å². The summed E-state index contributed by atoms with van der Waals surface area (Å²) in [5.41, 5.74) is 0. The second kappa shape index (κ2) is 5.15. The van der Waals surface area contributed by atoms with Crippen molar-refractivity contribution in [3.05, 3.63) is 0 Å². The van der Waals surface area contributed by atoms with Crippen LogP contribution in [0.15, 0.2) is 0 Å². The van der Waals surface area contributed by atoms with Crippen LogP contribution >= 0.6 is 0 Å². The Morgan fingerprint density at radius 1 is 1.50 bits per heavy atom. The summed E-state index contributed by atoms with van der Waals surface area (Å²) in [6, 6.07) is 0. The van der Waals surface area contributed by atoms with E-state index < -0.39 is 18.6 Å². The molecule has 5 nitrogen and oxygen atoms in total. The van der Waals surface area contributed by atoms with Gasteiger partial charge in [-0.3, -0.25) is 14.5 Å². The van der Waals surface area contributed by atoms with E-state index in [0.717, 1.165) is 0 Å². The molecule has 16 heavy (non-hydrogen) atoms. The molecule has 0 spiro atoms. The van der Waals surface area contributed by atoms with Crippen LogP contribution in [0.5, 0.6) is 0 Å². The zero-order chi connectivity index (χ0) is 12.2. The minimum atomic E-state index is -4.41. The number of amides is 2. The first-order chi connectivity index (χ1) is 7.37. The number of hydrogen-bond acceptors (Lipinski definition) is 3. The van der Waals surface area contributed by atoms with Gasteiger partial charge in [0.15, 0.2) is 0 Å². The number of piperazine rings is 1. The normalized spacial score (nSPS) is 18.1. The lowest BCUT2D eigenvalue weighted by molar-refractivity contribution is -0.139. The molecular formula is C8H12F3N3O2. The topological polar surface area (TPSA) is 61.4 Å². The number of carbonyl (C=O) groups excluding carboxylic acids is 2. The van der Waals surface area contributed by atoms with Crippen molar-refractivity contribution in [2.45, 2.75) is 6.18 Å². The zero-order valence-electron chi connectivity index (χ0n) is 8.43. The fourth-order valence-corrected chi connectivity index (χ4v) is 1.28. The maximum absolute atomic E-state index is 11.8. The summed E-state index contributed by atoms with van der Waals surface area (Å²) in [4.78, 5) is 23.5. The summed E-state index contributed by atoms with van der Waals surface area (Å²) in [6.07, 6.45) is -4.41. The monoisotopic (exact) mass is 239 g/mol. The summed E-state index contributed by atoms with van der Waals surface area (Å²) in [7, 11) is 0. The Labute approximate surface area is 90.0 Å². The molecule has 8 heteroatoms. The Bertz CT molecular complexity index is 280. The number of rotatable bonds is 3. The third-order valence-corrected chi connectivity index (χ3v) is 1.97. The highest BCUT2D eigenvalue weighted by Gasteiger charge is 2.28. The van der Waals surface area contributed by atoms with E-state index in [1.54, 1.807) is 5.32 Å². The minimum Gasteiger partial charge on any atom is -0.354 e. The second-order valence-electron chi connectivity index (χ2n) is 3.45. The Hall–Kier alpha value is -1.31. The van der Waals surface area contributed by atoms with Crippen LogP contribution in [0.3, 0.4) is 0 Å². The van der Waals surface area contributed by atoms with Crippen molar-refractivity contribution in [2.24, 2.45) is 0 Å². The molecule has 0 bridgehead atoms. The minimum absolute atomic E-state index is 0.0411. The molecule has 0 atom stereocenters. The fourth-order valence-electron chi connectivity index (χ4n) is 1.28. The van der Waals surface area contributed by atoms with Crippen molar-refractivity contribution in [1.82, 2.24) is 15.5 Å². The molecule has 92 valence electrons. The molecular weight excluding hydrogens is 227 g/mol. The van der Waals surface area contributed by atoms with Crippen molar-refractivity contribution in [3.8, 4) is 0 Å². The molecule has 1 aliphatic rings. The molecule has 0 unspecified atom stereocenters. The molecule has 0 aliphatic carbocycles. The molecule has 0 saturated carbocycles. The second-order valence-corrected chi connectivity index (χ2v) is 3.45. The van der Waals surface area contributed by atoms with Crippen LogP contribution in [-0.2, 0) is 9.59 Å². The van der Waals surface area contributed by atoms with Crippen molar-refractivity contribution in [3.63, 3.8) is 0 Å². The molecule has 0 aromatic heterocycles. The van der Waals surface area contributed by atoms with Gasteiger partial charge >= 0.3 is 6.18 Å². The predicted octanol–water partition coefficient (Wildman–Crippen LogP) is -0.903. The summed E-state index contributed by atoms with van der Waals surface area (Å²) in [6.45, 7) is -0.620. The van der Waals surface area contributed by atoms with Crippen LogP contribution < -0.4 is 10.6 Å². The van der Waals surface area contributed by atoms with Gasteiger partial charge in [0.1, 0.15) is 6.54 Å². The van der Waals surface area contributed by atoms with Crippen molar-refractivity contribution in [1.29, 1.82) is 0 Å². The highest BCUT2D eigenvalue weighted by Crippen LogP contribution is 2.11. The van der Waals surface area contributed by atoms with Crippen LogP contribution in [0, 0.1) is 0 Å². The van der Waals surface area contributed by atoms with Gasteiger partial charge in [-0.1, -0.05) is 0 Å². The van der Waals surface area contributed by atoms with Crippen molar-refractivity contribution >= 4 is 11.8 Å². The predicted molar refractivity (Wildman–Crippen MR) is 48.5 cm³/mol. The summed E-state index contributed by atoms with van der Waals surface area (Å²) >= 11 is 0. The molecule has 1 aliphatic heterocycles. The lowest BCUT2D eigenvalue weighted by Gasteiger charge is -2.25. The number of alkyl halides is 3. The van der Waals surface area contributed by atoms with E-state index in [4.69, 9.17) is 0 Å². The van der Waals surface area contributed by atoms with E-state index in [1.165, 1.54) is 4.90 Å². The van der Waals surface area contributed by atoms with Crippen LogP contribution in [0.2, 0.25) is 0 Å². The van der Waals surface area contributed by atoms with Gasteiger partial charge in [0.2, 0.25) is 11.8 Å². The van der Waals surface area contributed by atoms with Crippen molar-refractivity contribution < 1.29 is 22.8 Å². The highest BCUT2D eigenvalue weighted by molar-refractivity contribution is 5.81. The summed E-state index contributed by atoms with van der Waals surface area (Å²) < 4.78 is 35.3. The van der Waals surface area contributed by atoms with Gasteiger partial charge in [-0.2, -0.15) is 13.2 Å². The van der Waals surface area contributed by atoms with Crippen LogP contribution in [-0.4, -0.2) is 55.6 Å². The smallest absolute Gasteiger partial charge is 0.354 e. The van der Waals surface area contributed by atoms with E-state index >= 15 is 0 Å². The first-order valence-electron chi connectivity index (χ1n) is 4.69. The van der Waals surface area contributed by atoms with E-state index in [2.05, 4.69) is 5.32 Å². The van der Waals surface area contributed by atoms with E-state index in [0.29, 0.717) is 13.1 Å². The third-order valence-electron chi connectivity index (χ3n) is 1.97. The number of nitrogens with zero attached hydrogens (tertiary/aromatic N) is 1. The third kappa shape index (κ3) is 4.96. The number of halogens is 3. The maximum atomic E-state index is 11.8. The first-order valence-corrected chi connectivity index (χ1v) is 4.69. The lowest BCUT2D eigenvalue weighted by atomic mass is 10.3. The summed E-state index contributed by atoms with van der Waals surface area (Å²) in [5.74, 6) is -0.957. The Balaban J connectivity index is 2.26. The van der Waals surface area contributed by atoms with Gasteiger partial charge in [0.05, 0.1) is 13.1 Å². The lowest BCUT2D eigenvalue weighted by Crippen LogP contribution is -2.51. The van der Waals surface area contributed by atoms with Crippen molar-refractivity contribution in [2.75, 3.05) is 32.7 Å². The van der Waals surface area contributed by atoms with Crippen LogP contribution in [0.1, 0.15) is 0 Å². The van der Waals surface area contributed by atoms with Gasteiger partial charge in [0, 0.05) is 13.1 Å². The number of carbonyl (C=O) groups is 2. The quantitative estimate of drug-likeness (QED) is 0.670. The molecule has 0 aromatic carbocycles. The van der Waals surface area contributed by atoms with Gasteiger partial charge in [0.25, 0.3) is 0 Å². The number of nitrogens with one attached hydrogen (secondary N) is 2. The van der Waals surface area contributed by atoms with Crippen LogP contribution in [0.4, 0.5) is 13.2 Å². The molecule has 1 fully saturated rings. The molecule has 2 amide bonds. The van der Waals surface area contributed by atoms with E-state index in [1.807, 2.05) is 0 Å². The number of hydrogen-bond donors (Lipinski definition) is 2. The molecule has 0 aromatic rings. The molecule has 1 heterocycles. The average Bonchev–Trinajstić information content (AvgIpc) is 2.14. The maximum Gasteiger partial charge on any atom is 0.405 e. The van der Waals surface area contributed by atoms with Gasteiger partial charge in [-0.25, -0.2) is 0 Å². The average molecular weight is 239 g/mol. The largest absolute Gasteiger partial charge is 0.405 e. The Kier molecular flexibility index (Phi) is 4.11.